The molecule has 3 atom stereocenters. The number of halogens is 1. The standard InChI is InChI=1S/C28H38ClN11O7/c1-13(2)9-17(27(46)47)37-25(44)16(10-15-7-5-4-6-8-15)36-19(42)12-34-24(43)14(3)35-18(41)11-33-23-21(29)38-20(22(30)39-23)26(45)40-28(31)32/h4-8,13-14,16-17H,9-12H2,1-3H3,(H,34,43)(H,35,41)(H,36,42)(H,37,44)(H,46,47)(H3,30,33,39)(H4,31,32,40,45). The molecule has 0 spiro atoms. The number of nitrogens with two attached hydrogens (primary N) is 3. The number of nitrogens with one attached hydrogen (secondary N) is 5. The molecule has 254 valence electrons. The highest BCUT2D eigenvalue weighted by molar-refractivity contribution is 6.32. The summed E-state index contributed by atoms with van der Waals surface area (Å²) in [4.78, 5) is 85.4. The number of anilines is 2. The molecule has 5 amide bonds. The first-order valence-electron chi connectivity index (χ1n) is 14.2. The molecule has 1 aromatic carbocycles. The fourth-order valence-corrected chi connectivity index (χ4v) is 4.17. The highest BCUT2D eigenvalue weighted by atomic mass is 35.5. The van der Waals surface area contributed by atoms with Gasteiger partial charge in [0.1, 0.15) is 18.1 Å². The summed E-state index contributed by atoms with van der Waals surface area (Å²) in [7, 11) is 0. The van der Waals surface area contributed by atoms with E-state index in [0.717, 1.165) is 0 Å². The van der Waals surface area contributed by atoms with E-state index in [1.165, 1.54) is 6.92 Å². The molecule has 0 radical (unpaired) electrons. The lowest BCUT2D eigenvalue weighted by Crippen LogP contribution is -2.55. The predicted octanol–water partition coefficient (Wildman–Crippen LogP) is -1.50. The van der Waals surface area contributed by atoms with Crippen LogP contribution in [-0.2, 0) is 30.4 Å². The minimum absolute atomic E-state index is 0.0151. The molecule has 1 aromatic heterocycles. The van der Waals surface area contributed by atoms with Gasteiger partial charge in [-0.2, -0.15) is 4.99 Å². The molecule has 0 aliphatic heterocycles. The van der Waals surface area contributed by atoms with Crippen LogP contribution in [0.5, 0.6) is 0 Å². The molecule has 19 heteroatoms. The molecule has 0 aliphatic carbocycles. The van der Waals surface area contributed by atoms with Gasteiger partial charge in [0.05, 0.1) is 13.1 Å². The number of aliphatic carboxylic acids is 1. The van der Waals surface area contributed by atoms with Crippen LogP contribution in [0.1, 0.15) is 43.2 Å². The molecule has 2 aromatic rings. The van der Waals surface area contributed by atoms with Crippen LogP contribution in [0.15, 0.2) is 35.3 Å². The van der Waals surface area contributed by atoms with Crippen molar-refractivity contribution in [3.8, 4) is 0 Å². The number of hydrogen-bond acceptors (Lipinski definition) is 10. The summed E-state index contributed by atoms with van der Waals surface area (Å²) in [6.45, 7) is 4.02. The van der Waals surface area contributed by atoms with E-state index in [-0.39, 0.29) is 35.5 Å². The van der Waals surface area contributed by atoms with Gasteiger partial charge in [0.25, 0.3) is 0 Å². The molecule has 1 heterocycles. The molecule has 3 unspecified atom stereocenters. The number of aromatic nitrogens is 2. The third kappa shape index (κ3) is 12.8. The lowest BCUT2D eigenvalue weighted by Gasteiger charge is -2.23. The molecule has 12 N–H and O–H groups in total. The number of carbonyl (C=O) groups excluding carboxylic acids is 5. The van der Waals surface area contributed by atoms with Gasteiger partial charge >= 0.3 is 11.9 Å². The van der Waals surface area contributed by atoms with Gasteiger partial charge in [0, 0.05) is 6.42 Å². The van der Waals surface area contributed by atoms with E-state index in [1.54, 1.807) is 30.3 Å². The third-order valence-corrected chi connectivity index (χ3v) is 6.44. The van der Waals surface area contributed by atoms with Crippen LogP contribution in [0.3, 0.4) is 0 Å². The van der Waals surface area contributed by atoms with Crippen molar-refractivity contribution in [1.29, 1.82) is 0 Å². The SMILES string of the molecule is CC(C)CC(NC(=O)C(Cc1ccccc1)NC(=O)CNC(=O)C(C)NC(=O)CNc1nc(N)c(C(=O)N=C(N)N)nc1Cl)C(=O)O. The third-order valence-electron chi connectivity index (χ3n) is 6.18. The molecular weight excluding hydrogens is 638 g/mol. The normalized spacial score (nSPS) is 12.5. The zero-order valence-electron chi connectivity index (χ0n) is 25.9. The maximum atomic E-state index is 13.1. The Morgan fingerprint density at radius 1 is 0.894 bits per heavy atom. The second kappa shape index (κ2) is 17.8. The Labute approximate surface area is 274 Å². The highest BCUT2D eigenvalue weighted by Crippen LogP contribution is 2.20. The second-order valence-corrected chi connectivity index (χ2v) is 11.0. The summed E-state index contributed by atoms with van der Waals surface area (Å²) in [6, 6.07) is 5.39. The van der Waals surface area contributed by atoms with Gasteiger partial charge in [-0.05, 0) is 24.8 Å². The van der Waals surface area contributed by atoms with Crippen LogP contribution in [0.25, 0.3) is 0 Å². The average molecular weight is 676 g/mol. The van der Waals surface area contributed by atoms with Crippen LogP contribution in [0.4, 0.5) is 11.6 Å². The van der Waals surface area contributed by atoms with Crippen molar-refractivity contribution < 1.29 is 33.9 Å². The van der Waals surface area contributed by atoms with Crippen LogP contribution >= 0.6 is 11.6 Å². The quantitative estimate of drug-likeness (QED) is 0.0724. The number of benzene rings is 1. The van der Waals surface area contributed by atoms with Gasteiger partial charge in [-0.25, -0.2) is 14.8 Å². The molecule has 0 saturated heterocycles. The van der Waals surface area contributed by atoms with E-state index in [2.05, 4.69) is 41.5 Å². The summed E-state index contributed by atoms with van der Waals surface area (Å²) in [5, 5.41) is 21.6. The molecule has 2 rings (SSSR count). The molecular formula is C28H38ClN11O7. The summed E-state index contributed by atoms with van der Waals surface area (Å²) < 4.78 is 0. The van der Waals surface area contributed by atoms with Crippen LogP contribution in [-0.4, -0.2) is 87.8 Å². The van der Waals surface area contributed by atoms with Crippen molar-refractivity contribution >= 4 is 64.7 Å². The van der Waals surface area contributed by atoms with Crippen LogP contribution < -0.4 is 43.8 Å². The Bertz CT molecular complexity index is 1500. The number of amides is 5. The Kier molecular flexibility index (Phi) is 14.3. The van der Waals surface area contributed by atoms with E-state index >= 15 is 0 Å². The first-order valence-corrected chi connectivity index (χ1v) is 14.6. The molecule has 18 nitrogen and oxygen atoms in total. The maximum absolute atomic E-state index is 13.1. The van der Waals surface area contributed by atoms with Crippen molar-refractivity contribution in [2.45, 2.75) is 51.7 Å². The summed E-state index contributed by atoms with van der Waals surface area (Å²) >= 11 is 6.01. The Balaban J connectivity index is 1.94. The summed E-state index contributed by atoms with van der Waals surface area (Å²) in [5.74, 6) is -6.03. The topological polar surface area (TPSA) is 299 Å². The van der Waals surface area contributed by atoms with E-state index in [4.69, 9.17) is 28.8 Å². The molecule has 47 heavy (non-hydrogen) atoms. The van der Waals surface area contributed by atoms with Gasteiger partial charge in [0.15, 0.2) is 28.4 Å². The van der Waals surface area contributed by atoms with Gasteiger partial charge in [-0.15, -0.1) is 0 Å². The Morgan fingerprint density at radius 3 is 2.13 bits per heavy atom. The fourth-order valence-electron chi connectivity index (χ4n) is 3.98. The molecule has 0 fully saturated rings. The predicted molar refractivity (Wildman–Crippen MR) is 172 cm³/mol. The van der Waals surface area contributed by atoms with Crippen molar-refractivity contribution in [3.63, 3.8) is 0 Å². The number of nitrogens with zero attached hydrogens (tertiary/aromatic N) is 3. The lowest BCUT2D eigenvalue weighted by atomic mass is 10.0. The zero-order chi connectivity index (χ0) is 35.3. The van der Waals surface area contributed by atoms with Crippen molar-refractivity contribution in [1.82, 2.24) is 31.2 Å². The number of rotatable bonds is 16. The minimum Gasteiger partial charge on any atom is -0.480 e. The zero-order valence-corrected chi connectivity index (χ0v) is 26.6. The second-order valence-electron chi connectivity index (χ2n) is 10.6. The van der Waals surface area contributed by atoms with Gasteiger partial charge in [0.2, 0.25) is 23.6 Å². The average Bonchev–Trinajstić information content (AvgIpc) is 2.99. The molecule has 0 saturated carbocycles. The number of nitrogen functional groups attached to an aromatic ring is 1. The lowest BCUT2D eigenvalue weighted by molar-refractivity contribution is -0.142. The van der Waals surface area contributed by atoms with Gasteiger partial charge in [-0.3, -0.25) is 24.0 Å². The molecule has 0 bridgehead atoms. The van der Waals surface area contributed by atoms with Crippen molar-refractivity contribution in [2.75, 3.05) is 24.1 Å². The maximum Gasteiger partial charge on any atom is 0.326 e. The smallest absolute Gasteiger partial charge is 0.326 e. The van der Waals surface area contributed by atoms with Crippen LogP contribution in [0.2, 0.25) is 5.15 Å². The minimum atomic E-state index is -1.20. The largest absolute Gasteiger partial charge is 0.480 e. The Hall–Kier alpha value is -5.52. The molecule has 0 aliphatic rings. The van der Waals surface area contributed by atoms with E-state index in [0.29, 0.717) is 5.56 Å². The first kappa shape index (κ1) is 37.7. The van der Waals surface area contributed by atoms with Crippen molar-refractivity contribution in [3.05, 3.63) is 46.7 Å². The number of aliphatic imine (C=N–C) groups is 1. The highest BCUT2D eigenvalue weighted by Gasteiger charge is 2.28. The summed E-state index contributed by atoms with van der Waals surface area (Å²) in [5.41, 5.74) is 16.3. The Morgan fingerprint density at radius 2 is 1.53 bits per heavy atom. The number of hydrogen-bond donors (Lipinski definition) is 9. The van der Waals surface area contributed by atoms with Crippen molar-refractivity contribution in [2.24, 2.45) is 22.4 Å². The number of carboxylic acid groups (broad SMARTS) is 1. The number of carbonyl (C=O) groups is 6. The van der Waals surface area contributed by atoms with Crippen LogP contribution in [0, 0.1) is 5.92 Å². The number of carboxylic acids is 1. The fraction of sp³-hybridized carbons (Fsp3) is 0.393. The monoisotopic (exact) mass is 675 g/mol. The summed E-state index contributed by atoms with van der Waals surface area (Å²) in [6.07, 6.45) is 0.250. The van der Waals surface area contributed by atoms with E-state index in [9.17, 15) is 33.9 Å². The first-order chi connectivity index (χ1) is 22.1. The van der Waals surface area contributed by atoms with Gasteiger partial charge in [-0.1, -0.05) is 55.8 Å². The van der Waals surface area contributed by atoms with E-state index in [1.807, 2.05) is 13.8 Å². The van der Waals surface area contributed by atoms with E-state index < -0.39 is 78.4 Å². The van der Waals surface area contributed by atoms with Gasteiger partial charge < -0.3 is 48.9 Å². The number of guanidine groups is 1.